The van der Waals surface area contributed by atoms with E-state index in [2.05, 4.69) is 18.7 Å². The highest BCUT2D eigenvalue weighted by molar-refractivity contribution is 6.07. The van der Waals surface area contributed by atoms with Crippen LogP contribution in [0, 0.1) is 5.92 Å². The molecule has 2 heterocycles. The molecule has 0 aliphatic carbocycles. The van der Waals surface area contributed by atoms with E-state index in [1.807, 2.05) is 30.3 Å². The van der Waals surface area contributed by atoms with Crippen molar-refractivity contribution < 1.29 is 9.59 Å². The summed E-state index contributed by atoms with van der Waals surface area (Å²) < 4.78 is 0. The number of rotatable bonds is 5. The fourth-order valence-corrected chi connectivity index (χ4v) is 4.10. The van der Waals surface area contributed by atoms with E-state index in [1.54, 1.807) is 11.9 Å². The van der Waals surface area contributed by atoms with Gasteiger partial charge in [0.05, 0.1) is 0 Å². The first-order valence-corrected chi connectivity index (χ1v) is 9.30. The summed E-state index contributed by atoms with van der Waals surface area (Å²) in [5, 5.41) is 0. The number of hydrogen-bond acceptors (Lipinski definition) is 3. The third-order valence-electron chi connectivity index (χ3n) is 5.58. The number of nitrogens with zero attached hydrogens (tertiary/aromatic N) is 3. The summed E-state index contributed by atoms with van der Waals surface area (Å²) in [4.78, 5) is 31.4. The standard InChI is InChI=1S/C20H29N3O2/c1-16(2)15-22-13-10-20(11-14-22)18(24)23(19(25)21(20)3)12-9-17-7-5-4-6-8-17/h4-8,16H,9-15H2,1-3H3. The van der Waals surface area contributed by atoms with Crippen molar-refractivity contribution in [2.24, 2.45) is 5.92 Å². The molecule has 2 saturated heterocycles. The van der Waals surface area contributed by atoms with Crippen LogP contribution in [0.5, 0.6) is 0 Å². The topological polar surface area (TPSA) is 43.9 Å². The molecule has 2 aliphatic heterocycles. The molecule has 3 amide bonds. The van der Waals surface area contributed by atoms with Crippen LogP contribution in [0.1, 0.15) is 32.3 Å². The van der Waals surface area contributed by atoms with E-state index in [9.17, 15) is 9.59 Å². The third kappa shape index (κ3) is 3.43. The van der Waals surface area contributed by atoms with E-state index in [-0.39, 0.29) is 11.9 Å². The van der Waals surface area contributed by atoms with Gasteiger partial charge in [0.15, 0.2) is 0 Å². The van der Waals surface area contributed by atoms with Crippen molar-refractivity contribution in [1.82, 2.24) is 14.7 Å². The molecule has 1 spiro atoms. The summed E-state index contributed by atoms with van der Waals surface area (Å²) in [5.74, 6) is 0.621. The average Bonchev–Trinajstić information content (AvgIpc) is 2.77. The van der Waals surface area contributed by atoms with Gasteiger partial charge in [0.25, 0.3) is 5.91 Å². The van der Waals surface area contributed by atoms with Gasteiger partial charge in [-0.05, 0) is 30.7 Å². The van der Waals surface area contributed by atoms with Gasteiger partial charge in [-0.2, -0.15) is 0 Å². The van der Waals surface area contributed by atoms with Gasteiger partial charge < -0.3 is 9.80 Å². The predicted octanol–water partition coefficient (Wildman–Crippen LogP) is 2.61. The predicted molar refractivity (Wildman–Crippen MR) is 98.3 cm³/mol. The number of carbonyl (C=O) groups is 2. The van der Waals surface area contributed by atoms with Crippen LogP contribution in [0.25, 0.3) is 0 Å². The van der Waals surface area contributed by atoms with E-state index >= 15 is 0 Å². The number of likely N-dealkylation sites (tertiary alicyclic amines) is 1. The molecular weight excluding hydrogens is 314 g/mol. The largest absolute Gasteiger partial charge is 0.327 e. The van der Waals surface area contributed by atoms with E-state index < -0.39 is 5.54 Å². The first-order chi connectivity index (χ1) is 11.9. The molecule has 0 saturated carbocycles. The van der Waals surface area contributed by atoms with Gasteiger partial charge in [-0.3, -0.25) is 9.69 Å². The Morgan fingerprint density at radius 1 is 1.08 bits per heavy atom. The zero-order valence-electron chi connectivity index (χ0n) is 15.6. The number of amides is 3. The van der Waals surface area contributed by atoms with Gasteiger partial charge in [0.1, 0.15) is 5.54 Å². The quantitative estimate of drug-likeness (QED) is 0.772. The fraction of sp³-hybridized carbons (Fsp3) is 0.600. The van der Waals surface area contributed by atoms with Crippen LogP contribution >= 0.6 is 0 Å². The number of carbonyl (C=O) groups excluding carboxylic acids is 2. The Balaban J connectivity index is 1.66. The molecule has 136 valence electrons. The second-order valence-electron chi connectivity index (χ2n) is 7.76. The zero-order valence-corrected chi connectivity index (χ0v) is 15.6. The molecule has 2 fully saturated rings. The summed E-state index contributed by atoms with van der Waals surface area (Å²) in [7, 11) is 1.79. The molecule has 0 aromatic heterocycles. The van der Waals surface area contributed by atoms with Gasteiger partial charge in [-0.25, -0.2) is 4.79 Å². The minimum absolute atomic E-state index is 0.000119. The molecule has 0 unspecified atom stereocenters. The SMILES string of the molecule is CC(C)CN1CCC2(CC1)C(=O)N(CCc1ccccc1)C(=O)N2C. The fourth-order valence-electron chi connectivity index (χ4n) is 4.10. The van der Waals surface area contributed by atoms with E-state index in [0.29, 0.717) is 18.9 Å². The molecule has 5 nitrogen and oxygen atoms in total. The minimum atomic E-state index is -0.624. The van der Waals surface area contributed by atoms with Crippen LogP contribution in [0.4, 0.5) is 4.79 Å². The summed E-state index contributed by atoms with van der Waals surface area (Å²) in [6.45, 7) is 7.71. The molecular formula is C20H29N3O2. The second kappa shape index (κ2) is 7.16. The maximum absolute atomic E-state index is 13.1. The molecule has 1 aromatic carbocycles. The van der Waals surface area contributed by atoms with Crippen LogP contribution in [-0.4, -0.2) is 65.4 Å². The van der Waals surface area contributed by atoms with Crippen molar-refractivity contribution in [2.45, 2.75) is 38.6 Å². The zero-order chi connectivity index (χ0) is 18.0. The second-order valence-corrected chi connectivity index (χ2v) is 7.76. The van der Waals surface area contributed by atoms with Crippen LogP contribution in [0.15, 0.2) is 30.3 Å². The van der Waals surface area contributed by atoms with Gasteiger partial charge in [0.2, 0.25) is 0 Å². The summed E-state index contributed by atoms with van der Waals surface area (Å²) >= 11 is 0. The molecule has 3 rings (SSSR count). The van der Waals surface area contributed by atoms with Crippen LogP contribution in [-0.2, 0) is 11.2 Å². The van der Waals surface area contributed by atoms with Gasteiger partial charge in [-0.1, -0.05) is 44.2 Å². The van der Waals surface area contributed by atoms with Crippen molar-refractivity contribution in [2.75, 3.05) is 33.2 Å². The van der Waals surface area contributed by atoms with Crippen molar-refractivity contribution in [3.63, 3.8) is 0 Å². The Labute approximate surface area is 150 Å². The number of piperidine rings is 1. The third-order valence-corrected chi connectivity index (χ3v) is 5.58. The Bertz CT molecular complexity index is 621. The number of urea groups is 1. The maximum Gasteiger partial charge on any atom is 0.327 e. The highest BCUT2D eigenvalue weighted by Crippen LogP contribution is 2.36. The lowest BCUT2D eigenvalue weighted by Crippen LogP contribution is -2.55. The van der Waals surface area contributed by atoms with Gasteiger partial charge in [-0.15, -0.1) is 0 Å². The smallest absolute Gasteiger partial charge is 0.312 e. The monoisotopic (exact) mass is 343 g/mol. The van der Waals surface area contributed by atoms with Crippen molar-refractivity contribution in [3.05, 3.63) is 35.9 Å². The van der Waals surface area contributed by atoms with Crippen LogP contribution < -0.4 is 0 Å². The van der Waals surface area contributed by atoms with Gasteiger partial charge >= 0.3 is 6.03 Å². The summed E-state index contributed by atoms with van der Waals surface area (Å²) in [6, 6.07) is 9.88. The highest BCUT2D eigenvalue weighted by atomic mass is 16.2. The van der Waals surface area contributed by atoms with E-state index in [4.69, 9.17) is 0 Å². The maximum atomic E-state index is 13.1. The Morgan fingerprint density at radius 2 is 1.72 bits per heavy atom. The minimum Gasteiger partial charge on any atom is -0.312 e. The lowest BCUT2D eigenvalue weighted by Gasteiger charge is -2.41. The summed E-state index contributed by atoms with van der Waals surface area (Å²) in [6.07, 6.45) is 2.19. The summed E-state index contributed by atoms with van der Waals surface area (Å²) in [5.41, 5.74) is 0.528. The van der Waals surface area contributed by atoms with Crippen molar-refractivity contribution in [1.29, 1.82) is 0 Å². The highest BCUT2D eigenvalue weighted by Gasteiger charge is 2.56. The Morgan fingerprint density at radius 3 is 2.32 bits per heavy atom. The number of benzene rings is 1. The van der Waals surface area contributed by atoms with Crippen molar-refractivity contribution >= 4 is 11.9 Å². The first-order valence-electron chi connectivity index (χ1n) is 9.30. The normalized spacial score (nSPS) is 21.0. The lowest BCUT2D eigenvalue weighted by molar-refractivity contribution is -0.135. The Kier molecular flexibility index (Phi) is 5.13. The number of imide groups is 1. The van der Waals surface area contributed by atoms with Gasteiger partial charge in [0, 0.05) is 33.2 Å². The molecule has 0 N–H and O–H groups in total. The van der Waals surface area contributed by atoms with Crippen molar-refractivity contribution in [3.8, 4) is 0 Å². The average molecular weight is 343 g/mol. The first kappa shape index (κ1) is 17.9. The molecule has 1 aromatic rings. The Hall–Kier alpha value is -1.88. The number of hydrogen-bond donors (Lipinski definition) is 0. The van der Waals surface area contributed by atoms with E-state index in [0.717, 1.165) is 38.0 Å². The van der Waals surface area contributed by atoms with E-state index in [1.165, 1.54) is 4.90 Å². The van der Waals surface area contributed by atoms with Crippen LogP contribution in [0.2, 0.25) is 0 Å². The number of likely N-dealkylation sites (N-methyl/N-ethyl adjacent to an activating group) is 1. The molecule has 2 aliphatic rings. The van der Waals surface area contributed by atoms with Crippen LogP contribution in [0.3, 0.4) is 0 Å². The molecule has 25 heavy (non-hydrogen) atoms. The molecule has 0 bridgehead atoms. The molecule has 5 heteroatoms. The molecule has 0 atom stereocenters. The molecule has 0 radical (unpaired) electrons. The lowest BCUT2D eigenvalue weighted by atomic mass is 9.86.